The number of fused-ring (bicyclic) bond motifs is 5. The van der Waals surface area contributed by atoms with E-state index in [4.69, 9.17) is 4.98 Å². The third-order valence-electron chi connectivity index (χ3n) is 6.72. The van der Waals surface area contributed by atoms with Crippen molar-refractivity contribution in [1.29, 1.82) is 5.26 Å². The van der Waals surface area contributed by atoms with Crippen molar-refractivity contribution < 1.29 is 4.79 Å². The molecule has 0 radical (unpaired) electrons. The molecule has 0 atom stereocenters. The molecular weight excluding hydrogens is 470 g/mol. The average Bonchev–Trinajstić information content (AvgIpc) is 3.56. The van der Waals surface area contributed by atoms with Gasteiger partial charge < -0.3 is 10.2 Å². The van der Waals surface area contributed by atoms with E-state index in [1.54, 1.807) is 24.3 Å². The number of thiazole rings is 1. The molecule has 1 aliphatic rings. The predicted molar refractivity (Wildman–Crippen MR) is 143 cm³/mol. The van der Waals surface area contributed by atoms with E-state index in [1.807, 2.05) is 40.8 Å². The molecule has 178 valence electrons. The molecule has 1 amide bonds. The molecule has 8 heteroatoms. The average molecular weight is 494 g/mol. The Morgan fingerprint density at radius 3 is 2.75 bits per heavy atom. The highest BCUT2D eigenvalue weighted by Gasteiger charge is 2.23. The Bertz CT molecular complexity index is 1740. The number of hydrogen-bond acceptors (Lipinski definition) is 6. The molecule has 1 N–H and O–H groups in total. The molecule has 4 heterocycles. The summed E-state index contributed by atoms with van der Waals surface area (Å²) in [6, 6.07) is 20.7. The number of pyridine rings is 2. The summed E-state index contributed by atoms with van der Waals surface area (Å²) < 4.78 is 2.89. The molecule has 7 nitrogen and oxygen atoms in total. The van der Waals surface area contributed by atoms with E-state index in [1.165, 1.54) is 24.2 Å². The lowest BCUT2D eigenvalue weighted by molar-refractivity contribution is 0.0950. The monoisotopic (exact) mass is 493 g/mol. The van der Waals surface area contributed by atoms with Gasteiger partial charge in [0.2, 0.25) is 5.43 Å². The van der Waals surface area contributed by atoms with Crippen molar-refractivity contribution in [3.8, 4) is 17.3 Å². The Labute approximate surface area is 211 Å². The van der Waals surface area contributed by atoms with Gasteiger partial charge in [0, 0.05) is 18.7 Å². The van der Waals surface area contributed by atoms with Crippen LogP contribution >= 0.6 is 11.3 Å². The third kappa shape index (κ3) is 3.83. The van der Waals surface area contributed by atoms with E-state index in [9.17, 15) is 14.9 Å². The second-order valence-electron chi connectivity index (χ2n) is 8.98. The van der Waals surface area contributed by atoms with Crippen molar-refractivity contribution in [3.05, 3.63) is 82.0 Å². The smallest absolute Gasteiger partial charge is 0.258 e. The van der Waals surface area contributed by atoms with Crippen LogP contribution in [0.2, 0.25) is 0 Å². The number of nitriles is 1. The Morgan fingerprint density at radius 1 is 1.08 bits per heavy atom. The summed E-state index contributed by atoms with van der Waals surface area (Å²) in [6.45, 7) is 3.39. The van der Waals surface area contributed by atoms with Gasteiger partial charge in [-0.25, -0.2) is 4.98 Å². The number of nitrogens with one attached hydrogen (secondary N) is 1. The number of carbonyl (C=O) groups is 1. The van der Waals surface area contributed by atoms with E-state index in [-0.39, 0.29) is 16.9 Å². The first-order valence-electron chi connectivity index (χ1n) is 12.0. The third-order valence-corrected chi connectivity index (χ3v) is 7.86. The number of para-hydroxylation sites is 1. The van der Waals surface area contributed by atoms with Crippen molar-refractivity contribution in [3.63, 3.8) is 0 Å². The van der Waals surface area contributed by atoms with E-state index in [2.05, 4.69) is 16.3 Å². The van der Waals surface area contributed by atoms with Crippen molar-refractivity contribution in [1.82, 2.24) is 19.6 Å². The summed E-state index contributed by atoms with van der Waals surface area (Å²) in [5.74, 6) is -0.351. The SMILES string of the molecule is N#Cc1cccc(-c2ccc3c(=O)c(C(=O)NCCN4CCCC4)c4sc5ccccc5n4c3n2)c1. The van der Waals surface area contributed by atoms with Crippen molar-refractivity contribution in [2.45, 2.75) is 12.8 Å². The van der Waals surface area contributed by atoms with Gasteiger partial charge in [-0.15, -0.1) is 11.3 Å². The number of aromatic nitrogens is 2. The van der Waals surface area contributed by atoms with E-state index in [0.717, 1.165) is 35.4 Å². The van der Waals surface area contributed by atoms with Gasteiger partial charge in [-0.2, -0.15) is 5.26 Å². The molecule has 2 aromatic carbocycles. The van der Waals surface area contributed by atoms with Crippen molar-refractivity contribution in [2.75, 3.05) is 26.2 Å². The van der Waals surface area contributed by atoms with E-state index >= 15 is 0 Å². The molecular formula is C28H23N5O2S. The molecule has 0 bridgehead atoms. The Balaban J connectivity index is 1.51. The predicted octanol–water partition coefficient (Wildman–Crippen LogP) is 4.43. The van der Waals surface area contributed by atoms with Crippen LogP contribution in [0.3, 0.4) is 0 Å². The van der Waals surface area contributed by atoms with Gasteiger partial charge in [-0.05, 0) is 62.3 Å². The fourth-order valence-corrected chi connectivity index (χ4v) is 6.10. The van der Waals surface area contributed by atoms with Gasteiger partial charge in [-0.1, -0.05) is 24.3 Å². The molecule has 0 spiro atoms. The Morgan fingerprint density at radius 2 is 1.92 bits per heavy atom. The summed E-state index contributed by atoms with van der Waals surface area (Å²) in [4.78, 5) is 34.8. The first-order chi connectivity index (χ1) is 17.6. The minimum absolute atomic E-state index is 0.158. The van der Waals surface area contributed by atoms with Crippen molar-refractivity contribution in [2.24, 2.45) is 0 Å². The lowest BCUT2D eigenvalue weighted by Gasteiger charge is -2.15. The van der Waals surface area contributed by atoms with Crippen LogP contribution in [0.15, 0.2) is 65.5 Å². The second kappa shape index (κ2) is 9.19. The van der Waals surface area contributed by atoms with Crippen molar-refractivity contribution >= 4 is 43.3 Å². The molecule has 3 aromatic heterocycles. The zero-order chi connectivity index (χ0) is 24.6. The second-order valence-corrected chi connectivity index (χ2v) is 10.0. The summed E-state index contributed by atoms with van der Waals surface area (Å²) in [5, 5.41) is 12.7. The topological polar surface area (TPSA) is 90.5 Å². The normalized spacial score (nSPS) is 14.0. The zero-order valence-corrected chi connectivity index (χ0v) is 20.3. The van der Waals surface area contributed by atoms with E-state index < -0.39 is 0 Å². The molecule has 0 saturated carbocycles. The minimum Gasteiger partial charge on any atom is -0.351 e. The van der Waals surface area contributed by atoms with Crippen LogP contribution in [0.1, 0.15) is 28.8 Å². The number of benzene rings is 2. The maximum absolute atomic E-state index is 13.7. The van der Waals surface area contributed by atoms with Crippen LogP contribution in [-0.2, 0) is 0 Å². The maximum atomic E-state index is 13.7. The quantitative estimate of drug-likeness (QED) is 0.391. The highest BCUT2D eigenvalue weighted by atomic mass is 32.1. The zero-order valence-electron chi connectivity index (χ0n) is 19.5. The number of likely N-dealkylation sites (tertiary alicyclic amines) is 1. The molecule has 0 aliphatic carbocycles. The number of carbonyl (C=O) groups excluding carboxylic acids is 1. The lowest BCUT2D eigenvalue weighted by atomic mass is 10.1. The number of amides is 1. The first-order valence-corrected chi connectivity index (χ1v) is 12.8. The summed E-state index contributed by atoms with van der Waals surface area (Å²) >= 11 is 1.42. The summed E-state index contributed by atoms with van der Waals surface area (Å²) in [6.07, 6.45) is 2.39. The Hall–Kier alpha value is -4.06. The number of rotatable bonds is 5. The Kier molecular flexibility index (Phi) is 5.72. The highest BCUT2D eigenvalue weighted by molar-refractivity contribution is 7.24. The maximum Gasteiger partial charge on any atom is 0.258 e. The first kappa shape index (κ1) is 22.4. The van der Waals surface area contributed by atoms with Crippen LogP contribution in [0.5, 0.6) is 0 Å². The molecule has 0 unspecified atom stereocenters. The molecule has 1 saturated heterocycles. The van der Waals surface area contributed by atoms with Gasteiger partial charge in [-0.3, -0.25) is 14.0 Å². The van der Waals surface area contributed by atoms with Gasteiger partial charge in [0.1, 0.15) is 16.0 Å². The molecule has 36 heavy (non-hydrogen) atoms. The summed E-state index contributed by atoms with van der Waals surface area (Å²) in [7, 11) is 0. The largest absolute Gasteiger partial charge is 0.351 e. The fourth-order valence-electron chi connectivity index (χ4n) is 4.92. The summed E-state index contributed by atoms with van der Waals surface area (Å²) in [5.41, 5.74) is 3.22. The lowest BCUT2D eigenvalue weighted by Crippen LogP contribution is -2.35. The van der Waals surface area contributed by atoms with Crippen LogP contribution in [-0.4, -0.2) is 46.4 Å². The minimum atomic E-state index is -0.351. The number of hydrogen-bond donors (Lipinski definition) is 1. The van der Waals surface area contributed by atoms with Crippen LogP contribution in [0.25, 0.3) is 37.3 Å². The molecule has 6 rings (SSSR count). The highest BCUT2D eigenvalue weighted by Crippen LogP contribution is 2.31. The molecule has 1 aliphatic heterocycles. The number of nitrogens with zero attached hydrogens (tertiary/aromatic N) is 4. The van der Waals surface area contributed by atoms with Crippen LogP contribution in [0.4, 0.5) is 0 Å². The van der Waals surface area contributed by atoms with E-state index in [0.29, 0.717) is 33.7 Å². The standard InChI is InChI=1S/C28H23N5O2S/c29-17-18-6-5-7-19(16-18)21-11-10-20-25(34)24(27(35)30-12-15-32-13-3-4-14-32)28-33(26(20)31-21)22-8-1-2-9-23(22)36-28/h1-2,5-11,16H,3-4,12-15H2,(H,30,35). The van der Waals surface area contributed by atoms with Gasteiger partial charge in [0.05, 0.1) is 32.9 Å². The fraction of sp³-hybridized carbons (Fsp3) is 0.214. The van der Waals surface area contributed by atoms with Gasteiger partial charge in [0.25, 0.3) is 5.91 Å². The molecule has 1 fully saturated rings. The van der Waals surface area contributed by atoms with Crippen LogP contribution in [0, 0.1) is 11.3 Å². The van der Waals surface area contributed by atoms with Crippen LogP contribution < -0.4 is 10.7 Å². The van der Waals surface area contributed by atoms with Gasteiger partial charge in [0.15, 0.2) is 0 Å². The molecule has 5 aromatic rings. The van der Waals surface area contributed by atoms with Gasteiger partial charge >= 0.3 is 0 Å².